The molecule has 0 aromatic heterocycles. The molecule has 0 amide bonds. The largest absolute Gasteiger partial charge is 0.497 e. The molecule has 2 aromatic carbocycles. The van der Waals surface area contributed by atoms with Crippen LogP contribution >= 0.6 is 11.6 Å². The van der Waals surface area contributed by atoms with E-state index in [0.717, 1.165) is 16.9 Å². The number of hydrogen-bond acceptors (Lipinski definition) is 2. The summed E-state index contributed by atoms with van der Waals surface area (Å²) in [6, 6.07) is 17.5. The van der Waals surface area contributed by atoms with Crippen LogP contribution in [0.25, 0.3) is 0 Å². The number of methoxy groups -OCH3 is 1. The average molecular weight is 260 g/mol. The van der Waals surface area contributed by atoms with Gasteiger partial charge in [0.15, 0.2) is 0 Å². The van der Waals surface area contributed by atoms with Crippen molar-refractivity contribution in [3.63, 3.8) is 0 Å². The molecule has 3 heteroatoms. The third-order valence-electron chi connectivity index (χ3n) is 2.57. The lowest BCUT2D eigenvalue weighted by molar-refractivity contribution is 0.414. The molecular weight excluding hydrogens is 246 g/mol. The lowest BCUT2D eigenvalue weighted by Crippen LogP contribution is -1.92. The second kappa shape index (κ2) is 6.22. The summed E-state index contributed by atoms with van der Waals surface area (Å²) >= 11 is 6.14. The third-order valence-corrected chi connectivity index (χ3v) is 2.91. The molecule has 2 aromatic rings. The van der Waals surface area contributed by atoms with Crippen LogP contribution in [0, 0.1) is 0 Å². The molecule has 0 bridgehead atoms. The first-order valence-electron chi connectivity index (χ1n) is 5.68. The van der Waals surface area contributed by atoms with Gasteiger partial charge < -0.3 is 4.74 Å². The van der Waals surface area contributed by atoms with Crippen molar-refractivity contribution in [1.29, 1.82) is 0 Å². The monoisotopic (exact) mass is 259 g/mol. The van der Waals surface area contributed by atoms with Crippen molar-refractivity contribution in [2.24, 2.45) is 4.99 Å². The maximum atomic E-state index is 6.14. The Labute approximate surface area is 112 Å². The van der Waals surface area contributed by atoms with Gasteiger partial charge in [0.05, 0.1) is 13.7 Å². The lowest BCUT2D eigenvalue weighted by atomic mass is 10.2. The van der Waals surface area contributed by atoms with Gasteiger partial charge >= 0.3 is 0 Å². The molecule has 0 fully saturated rings. The van der Waals surface area contributed by atoms with Crippen molar-refractivity contribution < 1.29 is 4.74 Å². The first-order chi connectivity index (χ1) is 8.79. The number of nitrogens with zero attached hydrogens (tertiary/aromatic N) is 1. The number of halogens is 1. The average Bonchev–Trinajstić information content (AvgIpc) is 2.46. The highest BCUT2D eigenvalue weighted by Gasteiger charge is 1.98. The smallest absolute Gasteiger partial charge is 0.131 e. The van der Waals surface area contributed by atoms with Gasteiger partial charge in [-0.05, 0) is 17.7 Å². The molecule has 2 rings (SSSR count). The summed E-state index contributed by atoms with van der Waals surface area (Å²) in [4.78, 5) is 4.36. The second-order valence-electron chi connectivity index (χ2n) is 3.82. The van der Waals surface area contributed by atoms with Gasteiger partial charge in [0.1, 0.15) is 10.9 Å². The van der Waals surface area contributed by atoms with Gasteiger partial charge in [-0.15, -0.1) is 0 Å². The Hall–Kier alpha value is -1.80. The maximum Gasteiger partial charge on any atom is 0.131 e. The van der Waals surface area contributed by atoms with E-state index in [1.807, 2.05) is 54.6 Å². The fourth-order valence-corrected chi connectivity index (χ4v) is 1.74. The minimum Gasteiger partial charge on any atom is -0.497 e. The highest BCUT2D eigenvalue weighted by atomic mass is 35.5. The zero-order valence-electron chi connectivity index (χ0n) is 10.1. The van der Waals surface area contributed by atoms with Crippen LogP contribution in [0.1, 0.15) is 11.1 Å². The van der Waals surface area contributed by atoms with Crippen LogP contribution in [0.15, 0.2) is 59.6 Å². The summed E-state index contributed by atoms with van der Waals surface area (Å²) in [5, 5.41) is 0.534. The van der Waals surface area contributed by atoms with Crippen LogP contribution in [-0.2, 0) is 6.54 Å². The topological polar surface area (TPSA) is 21.6 Å². The SMILES string of the molecule is COc1ccc(CN=C(Cl)c2ccccc2)cc1. The third kappa shape index (κ3) is 3.34. The summed E-state index contributed by atoms with van der Waals surface area (Å²) in [5.74, 6) is 0.844. The molecule has 0 heterocycles. The van der Waals surface area contributed by atoms with Crippen molar-refractivity contribution in [2.75, 3.05) is 7.11 Å². The molecule has 0 unspecified atom stereocenters. The van der Waals surface area contributed by atoms with Crippen molar-refractivity contribution >= 4 is 16.8 Å². The van der Waals surface area contributed by atoms with Gasteiger partial charge in [-0.25, -0.2) is 0 Å². The number of hydrogen-bond donors (Lipinski definition) is 0. The number of aliphatic imine (C=N–C) groups is 1. The van der Waals surface area contributed by atoms with E-state index in [2.05, 4.69) is 4.99 Å². The Balaban J connectivity index is 2.05. The number of rotatable bonds is 4. The van der Waals surface area contributed by atoms with E-state index in [1.165, 1.54) is 0 Å². The second-order valence-corrected chi connectivity index (χ2v) is 4.18. The molecule has 0 spiro atoms. The lowest BCUT2D eigenvalue weighted by Gasteiger charge is -2.02. The van der Waals surface area contributed by atoms with Crippen LogP contribution in [0.3, 0.4) is 0 Å². The summed E-state index contributed by atoms with van der Waals surface area (Å²) < 4.78 is 5.10. The Bertz CT molecular complexity index is 520. The molecular formula is C15H14ClNO. The Kier molecular flexibility index (Phi) is 4.37. The molecule has 0 N–H and O–H groups in total. The van der Waals surface area contributed by atoms with Gasteiger partial charge in [0.2, 0.25) is 0 Å². The maximum absolute atomic E-state index is 6.14. The Morgan fingerprint density at radius 2 is 1.72 bits per heavy atom. The van der Waals surface area contributed by atoms with Gasteiger partial charge in [-0.1, -0.05) is 54.1 Å². The summed E-state index contributed by atoms with van der Waals surface area (Å²) in [6.45, 7) is 0.567. The number of benzene rings is 2. The Morgan fingerprint density at radius 3 is 2.33 bits per heavy atom. The van der Waals surface area contributed by atoms with Crippen molar-refractivity contribution in [1.82, 2.24) is 0 Å². The van der Waals surface area contributed by atoms with Gasteiger partial charge in [-0.3, -0.25) is 4.99 Å². The molecule has 18 heavy (non-hydrogen) atoms. The highest BCUT2D eigenvalue weighted by Crippen LogP contribution is 2.13. The van der Waals surface area contributed by atoms with E-state index in [0.29, 0.717) is 11.7 Å². The minimum atomic E-state index is 0.534. The molecule has 0 aliphatic carbocycles. The van der Waals surface area contributed by atoms with E-state index in [4.69, 9.17) is 16.3 Å². The fraction of sp³-hybridized carbons (Fsp3) is 0.133. The van der Waals surface area contributed by atoms with Crippen molar-refractivity contribution in [2.45, 2.75) is 6.54 Å². The zero-order chi connectivity index (χ0) is 12.8. The molecule has 0 aliphatic heterocycles. The molecule has 0 aliphatic rings. The summed E-state index contributed by atoms with van der Waals surface area (Å²) in [6.07, 6.45) is 0. The van der Waals surface area contributed by atoms with Crippen LogP contribution in [0.5, 0.6) is 5.75 Å². The van der Waals surface area contributed by atoms with Crippen LogP contribution in [0.4, 0.5) is 0 Å². The first kappa shape index (κ1) is 12.7. The highest BCUT2D eigenvalue weighted by molar-refractivity contribution is 6.69. The standard InChI is InChI=1S/C15H14ClNO/c1-18-14-9-7-12(8-10-14)11-17-15(16)13-5-3-2-4-6-13/h2-10H,11H2,1H3. The molecule has 0 atom stereocenters. The molecule has 0 saturated carbocycles. The van der Waals surface area contributed by atoms with Crippen LogP contribution in [0.2, 0.25) is 0 Å². The minimum absolute atomic E-state index is 0.534. The predicted octanol–water partition coefficient (Wildman–Crippen LogP) is 3.88. The van der Waals surface area contributed by atoms with Crippen molar-refractivity contribution in [3.05, 3.63) is 65.7 Å². The van der Waals surface area contributed by atoms with Gasteiger partial charge in [0.25, 0.3) is 0 Å². The molecule has 0 saturated heterocycles. The first-order valence-corrected chi connectivity index (χ1v) is 6.05. The van der Waals surface area contributed by atoms with Crippen molar-refractivity contribution in [3.8, 4) is 5.75 Å². The molecule has 2 nitrogen and oxygen atoms in total. The van der Waals surface area contributed by atoms with E-state index in [1.54, 1.807) is 7.11 Å². The van der Waals surface area contributed by atoms with E-state index in [-0.39, 0.29) is 0 Å². The number of ether oxygens (including phenoxy) is 1. The van der Waals surface area contributed by atoms with Gasteiger partial charge in [0, 0.05) is 5.56 Å². The van der Waals surface area contributed by atoms with Gasteiger partial charge in [-0.2, -0.15) is 0 Å². The normalized spacial score (nSPS) is 11.3. The van der Waals surface area contributed by atoms with Crippen LogP contribution < -0.4 is 4.74 Å². The molecule has 92 valence electrons. The predicted molar refractivity (Wildman–Crippen MR) is 75.5 cm³/mol. The fourth-order valence-electron chi connectivity index (χ4n) is 1.56. The Morgan fingerprint density at radius 1 is 1.06 bits per heavy atom. The summed E-state index contributed by atoms with van der Waals surface area (Å²) in [7, 11) is 1.65. The molecule has 0 radical (unpaired) electrons. The summed E-state index contributed by atoms with van der Waals surface area (Å²) in [5.41, 5.74) is 2.04. The zero-order valence-corrected chi connectivity index (χ0v) is 10.9. The van der Waals surface area contributed by atoms with E-state index in [9.17, 15) is 0 Å². The van der Waals surface area contributed by atoms with E-state index < -0.39 is 0 Å². The van der Waals surface area contributed by atoms with E-state index >= 15 is 0 Å². The quantitative estimate of drug-likeness (QED) is 0.764. The van der Waals surface area contributed by atoms with Crippen LogP contribution in [-0.4, -0.2) is 12.3 Å².